The van der Waals surface area contributed by atoms with E-state index in [1.807, 2.05) is 18.2 Å². The third kappa shape index (κ3) is 2.60. The standard InChI is InChI=1S/C13H13ClN2O2/c1-8(13(17)18)16-7-9-4-5-11(14)10-3-2-6-15-12(9)10/h2-6,8,16H,7H2,1H3,(H,17,18). The van der Waals surface area contributed by atoms with Crippen molar-refractivity contribution in [1.29, 1.82) is 0 Å². The Bertz CT molecular complexity index is 586. The van der Waals surface area contributed by atoms with Crippen LogP contribution in [0.15, 0.2) is 30.5 Å². The first-order valence-electron chi connectivity index (χ1n) is 5.58. The van der Waals surface area contributed by atoms with Gasteiger partial charge in [-0.15, -0.1) is 0 Å². The van der Waals surface area contributed by atoms with E-state index in [0.717, 1.165) is 16.5 Å². The number of hydrogen-bond donors (Lipinski definition) is 2. The van der Waals surface area contributed by atoms with E-state index in [1.54, 1.807) is 19.2 Å². The molecule has 1 aromatic carbocycles. The first kappa shape index (κ1) is 12.8. The highest BCUT2D eigenvalue weighted by molar-refractivity contribution is 6.35. The minimum atomic E-state index is -0.874. The molecular weight excluding hydrogens is 252 g/mol. The minimum absolute atomic E-state index is 0.443. The van der Waals surface area contributed by atoms with E-state index in [-0.39, 0.29) is 0 Å². The van der Waals surface area contributed by atoms with Crippen LogP contribution in [0.2, 0.25) is 5.02 Å². The molecule has 0 saturated carbocycles. The lowest BCUT2D eigenvalue weighted by Crippen LogP contribution is -2.33. The molecule has 0 aliphatic rings. The summed E-state index contributed by atoms with van der Waals surface area (Å²) in [4.78, 5) is 15.0. The van der Waals surface area contributed by atoms with Crippen LogP contribution < -0.4 is 5.32 Å². The molecule has 0 bridgehead atoms. The zero-order valence-corrected chi connectivity index (χ0v) is 10.6. The molecule has 0 amide bonds. The molecule has 1 unspecified atom stereocenters. The smallest absolute Gasteiger partial charge is 0.320 e. The molecule has 2 rings (SSSR count). The maximum Gasteiger partial charge on any atom is 0.320 e. The summed E-state index contributed by atoms with van der Waals surface area (Å²) in [6.07, 6.45) is 1.70. The first-order valence-corrected chi connectivity index (χ1v) is 5.95. The van der Waals surface area contributed by atoms with Crippen molar-refractivity contribution in [3.05, 3.63) is 41.0 Å². The van der Waals surface area contributed by atoms with Gasteiger partial charge in [0.05, 0.1) is 5.52 Å². The highest BCUT2D eigenvalue weighted by Gasteiger charge is 2.11. The number of nitrogens with one attached hydrogen (secondary N) is 1. The Labute approximate surface area is 110 Å². The third-order valence-electron chi connectivity index (χ3n) is 2.77. The third-order valence-corrected chi connectivity index (χ3v) is 3.10. The number of halogens is 1. The Morgan fingerprint density at radius 1 is 1.50 bits per heavy atom. The second kappa shape index (κ2) is 5.33. The Hall–Kier alpha value is -1.65. The highest BCUT2D eigenvalue weighted by atomic mass is 35.5. The van der Waals surface area contributed by atoms with Gasteiger partial charge in [0.25, 0.3) is 0 Å². The van der Waals surface area contributed by atoms with Crippen LogP contribution in [0.5, 0.6) is 0 Å². The lowest BCUT2D eigenvalue weighted by molar-refractivity contribution is -0.139. The first-order chi connectivity index (χ1) is 8.59. The summed E-state index contributed by atoms with van der Waals surface area (Å²) in [6.45, 7) is 2.05. The second-order valence-corrected chi connectivity index (χ2v) is 4.45. The van der Waals surface area contributed by atoms with Gasteiger partial charge < -0.3 is 10.4 Å². The molecule has 0 spiro atoms. The predicted molar refractivity (Wildman–Crippen MR) is 70.7 cm³/mol. The summed E-state index contributed by atoms with van der Waals surface area (Å²) < 4.78 is 0. The van der Waals surface area contributed by atoms with E-state index in [2.05, 4.69) is 10.3 Å². The summed E-state index contributed by atoms with van der Waals surface area (Å²) in [6, 6.07) is 6.78. The van der Waals surface area contributed by atoms with Crippen molar-refractivity contribution in [2.45, 2.75) is 19.5 Å². The molecule has 1 aromatic heterocycles. The molecule has 0 saturated heterocycles. The van der Waals surface area contributed by atoms with E-state index in [1.165, 1.54) is 0 Å². The number of hydrogen-bond acceptors (Lipinski definition) is 3. The lowest BCUT2D eigenvalue weighted by atomic mass is 10.1. The quantitative estimate of drug-likeness (QED) is 0.890. The highest BCUT2D eigenvalue weighted by Crippen LogP contribution is 2.24. The molecule has 0 aliphatic heterocycles. The predicted octanol–water partition coefficient (Wildman–Crippen LogP) is 2.45. The lowest BCUT2D eigenvalue weighted by Gasteiger charge is -2.11. The molecule has 2 N–H and O–H groups in total. The summed E-state index contributed by atoms with van der Waals surface area (Å²) in [7, 11) is 0. The van der Waals surface area contributed by atoms with E-state index >= 15 is 0 Å². The molecule has 0 fully saturated rings. The van der Waals surface area contributed by atoms with Gasteiger partial charge in [-0.05, 0) is 30.7 Å². The number of carbonyl (C=O) groups is 1. The maximum absolute atomic E-state index is 10.7. The van der Waals surface area contributed by atoms with Crippen LogP contribution in [0.1, 0.15) is 12.5 Å². The Morgan fingerprint density at radius 3 is 3.00 bits per heavy atom. The van der Waals surface area contributed by atoms with Crippen LogP contribution in [0.25, 0.3) is 10.9 Å². The van der Waals surface area contributed by atoms with Gasteiger partial charge in [0.2, 0.25) is 0 Å². The van der Waals surface area contributed by atoms with Crippen molar-refractivity contribution in [2.24, 2.45) is 0 Å². The zero-order valence-electron chi connectivity index (χ0n) is 9.85. The van der Waals surface area contributed by atoms with Crippen molar-refractivity contribution >= 4 is 28.5 Å². The Morgan fingerprint density at radius 2 is 2.28 bits per heavy atom. The number of rotatable bonds is 4. The van der Waals surface area contributed by atoms with E-state index in [0.29, 0.717) is 11.6 Å². The van der Waals surface area contributed by atoms with Gasteiger partial charge in [0.15, 0.2) is 0 Å². The van der Waals surface area contributed by atoms with Crippen LogP contribution >= 0.6 is 11.6 Å². The fraction of sp³-hybridized carbons (Fsp3) is 0.231. The SMILES string of the molecule is CC(NCc1ccc(Cl)c2cccnc12)C(=O)O. The van der Waals surface area contributed by atoms with Gasteiger partial charge in [-0.2, -0.15) is 0 Å². The van der Waals surface area contributed by atoms with Gasteiger partial charge in [-0.1, -0.05) is 17.7 Å². The Kier molecular flexibility index (Phi) is 3.79. The normalized spacial score (nSPS) is 12.6. The van der Waals surface area contributed by atoms with Gasteiger partial charge >= 0.3 is 5.97 Å². The molecule has 0 aliphatic carbocycles. The van der Waals surface area contributed by atoms with Crippen LogP contribution in [0, 0.1) is 0 Å². The fourth-order valence-corrected chi connectivity index (χ4v) is 1.90. The van der Waals surface area contributed by atoms with Crippen LogP contribution in [-0.2, 0) is 11.3 Å². The number of pyridine rings is 1. The van der Waals surface area contributed by atoms with Crippen LogP contribution in [-0.4, -0.2) is 22.1 Å². The topological polar surface area (TPSA) is 62.2 Å². The second-order valence-electron chi connectivity index (χ2n) is 4.05. The van der Waals surface area contributed by atoms with Crippen molar-refractivity contribution in [2.75, 3.05) is 0 Å². The average molecular weight is 265 g/mol. The molecule has 5 heteroatoms. The summed E-state index contributed by atoms with van der Waals surface area (Å²) in [5.41, 5.74) is 1.73. The summed E-state index contributed by atoms with van der Waals surface area (Å²) in [5, 5.41) is 13.3. The summed E-state index contributed by atoms with van der Waals surface area (Å²) in [5.74, 6) is -0.874. The molecule has 1 heterocycles. The number of carboxylic acids is 1. The minimum Gasteiger partial charge on any atom is -0.480 e. The molecule has 18 heavy (non-hydrogen) atoms. The van der Waals surface area contributed by atoms with E-state index in [9.17, 15) is 4.79 Å². The van der Waals surface area contributed by atoms with Crippen molar-refractivity contribution < 1.29 is 9.90 Å². The van der Waals surface area contributed by atoms with E-state index in [4.69, 9.17) is 16.7 Å². The number of carboxylic acid groups (broad SMARTS) is 1. The fourth-order valence-electron chi connectivity index (χ4n) is 1.69. The van der Waals surface area contributed by atoms with Gasteiger partial charge in [0.1, 0.15) is 6.04 Å². The number of nitrogens with zero attached hydrogens (tertiary/aromatic N) is 1. The zero-order chi connectivity index (χ0) is 13.1. The molecule has 4 nitrogen and oxygen atoms in total. The monoisotopic (exact) mass is 264 g/mol. The molecule has 1 atom stereocenters. The summed E-state index contributed by atoms with van der Waals surface area (Å²) >= 11 is 6.09. The molecular formula is C13H13ClN2O2. The maximum atomic E-state index is 10.7. The molecule has 2 aromatic rings. The van der Waals surface area contributed by atoms with Gasteiger partial charge in [-0.3, -0.25) is 9.78 Å². The van der Waals surface area contributed by atoms with Crippen molar-refractivity contribution in [3.63, 3.8) is 0 Å². The van der Waals surface area contributed by atoms with Gasteiger partial charge in [-0.25, -0.2) is 0 Å². The number of aliphatic carboxylic acids is 1. The van der Waals surface area contributed by atoms with Crippen LogP contribution in [0.4, 0.5) is 0 Å². The van der Waals surface area contributed by atoms with Gasteiger partial charge in [0, 0.05) is 23.2 Å². The van der Waals surface area contributed by atoms with Crippen molar-refractivity contribution in [3.8, 4) is 0 Å². The van der Waals surface area contributed by atoms with Crippen LogP contribution in [0.3, 0.4) is 0 Å². The van der Waals surface area contributed by atoms with E-state index < -0.39 is 12.0 Å². The number of fused-ring (bicyclic) bond motifs is 1. The Balaban J connectivity index is 2.29. The van der Waals surface area contributed by atoms with Crippen molar-refractivity contribution in [1.82, 2.24) is 10.3 Å². The molecule has 94 valence electrons. The average Bonchev–Trinajstić information content (AvgIpc) is 2.38. The largest absolute Gasteiger partial charge is 0.480 e. The molecule has 0 radical (unpaired) electrons. The number of benzene rings is 1. The number of aromatic nitrogens is 1.